The quantitative estimate of drug-likeness (QED) is 0.799. The first-order chi connectivity index (χ1) is 12.3. The lowest BCUT2D eigenvalue weighted by atomic mass is 9.93. The van der Waals surface area contributed by atoms with Gasteiger partial charge in [-0.1, -0.05) is 13.8 Å². The third kappa shape index (κ3) is 4.18. The van der Waals surface area contributed by atoms with Crippen molar-refractivity contribution in [2.45, 2.75) is 46.6 Å². The normalized spacial score (nSPS) is 12.0. The van der Waals surface area contributed by atoms with Gasteiger partial charge in [0.05, 0.1) is 20.3 Å². The minimum Gasteiger partial charge on any atom is -0.496 e. The third-order valence-corrected chi connectivity index (χ3v) is 4.71. The molecule has 26 heavy (non-hydrogen) atoms. The van der Waals surface area contributed by atoms with E-state index in [4.69, 9.17) is 9.47 Å². The fourth-order valence-corrected chi connectivity index (χ4v) is 3.19. The molecule has 0 aliphatic rings. The second-order valence-electron chi connectivity index (χ2n) is 6.98. The Morgan fingerprint density at radius 1 is 0.885 bits per heavy atom. The van der Waals surface area contributed by atoms with Crippen LogP contribution in [0.25, 0.3) is 0 Å². The zero-order valence-electron chi connectivity index (χ0n) is 16.8. The van der Waals surface area contributed by atoms with E-state index in [0.29, 0.717) is 11.5 Å². The molecule has 140 valence electrons. The van der Waals surface area contributed by atoms with Crippen molar-refractivity contribution in [3.8, 4) is 11.5 Å². The number of hydrogen-bond donors (Lipinski definition) is 1. The lowest BCUT2D eigenvalue weighted by molar-refractivity contribution is 0.0939. The van der Waals surface area contributed by atoms with Crippen molar-refractivity contribution in [1.82, 2.24) is 5.32 Å². The van der Waals surface area contributed by atoms with Crippen LogP contribution in [-0.4, -0.2) is 20.1 Å². The Labute approximate surface area is 156 Å². The van der Waals surface area contributed by atoms with Crippen molar-refractivity contribution in [2.75, 3.05) is 14.2 Å². The van der Waals surface area contributed by atoms with Gasteiger partial charge in [-0.2, -0.15) is 0 Å². The maximum absolute atomic E-state index is 12.7. The second-order valence-corrected chi connectivity index (χ2v) is 6.98. The van der Waals surface area contributed by atoms with Crippen LogP contribution in [0.2, 0.25) is 0 Å². The molecule has 0 saturated carbocycles. The Morgan fingerprint density at radius 2 is 1.54 bits per heavy atom. The molecule has 0 unspecified atom stereocenters. The van der Waals surface area contributed by atoms with Crippen molar-refractivity contribution >= 4 is 5.91 Å². The van der Waals surface area contributed by atoms with E-state index >= 15 is 0 Å². The van der Waals surface area contributed by atoms with Crippen LogP contribution in [0.5, 0.6) is 11.5 Å². The second kappa shape index (κ2) is 8.26. The molecule has 1 N–H and O–H groups in total. The fourth-order valence-electron chi connectivity index (χ4n) is 3.19. The minimum absolute atomic E-state index is 0.0930. The lowest BCUT2D eigenvalue weighted by Crippen LogP contribution is -2.27. The average Bonchev–Trinajstić information content (AvgIpc) is 2.60. The van der Waals surface area contributed by atoms with Crippen molar-refractivity contribution < 1.29 is 14.3 Å². The Bertz CT molecular complexity index is 796. The van der Waals surface area contributed by atoms with Crippen LogP contribution in [0, 0.1) is 13.8 Å². The Morgan fingerprint density at radius 3 is 2.08 bits per heavy atom. The number of nitrogens with one attached hydrogen (secondary N) is 1. The van der Waals surface area contributed by atoms with E-state index in [2.05, 4.69) is 25.2 Å². The molecule has 0 aliphatic carbocycles. The molecule has 0 saturated heterocycles. The van der Waals surface area contributed by atoms with Crippen LogP contribution in [-0.2, 0) is 0 Å². The first-order valence-electron chi connectivity index (χ1n) is 8.92. The van der Waals surface area contributed by atoms with Gasteiger partial charge in [-0.25, -0.2) is 0 Å². The van der Waals surface area contributed by atoms with E-state index < -0.39 is 0 Å². The zero-order chi connectivity index (χ0) is 19.4. The van der Waals surface area contributed by atoms with E-state index in [1.54, 1.807) is 20.3 Å². The molecule has 2 rings (SSSR count). The topological polar surface area (TPSA) is 47.6 Å². The van der Waals surface area contributed by atoms with E-state index in [0.717, 1.165) is 33.8 Å². The molecule has 1 atom stereocenters. The molecule has 0 fully saturated rings. The van der Waals surface area contributed by atoms with Gasteiger partial charge in [0.2, 0.25) is 0 Å². The number of rotatable bonds is 6. The predicted molar refractivity (Wildman–Crippen MR) is 105 cm³/mol. The summed E-state index contributed by atoms with van der Waals surface area (Å²) >= 11 is 0. The molecule has 0 aromatic heterocycles. The predicted octanol–water partition coefficient (Wildman–Crippen LogP) is 4.94. The van der Waals surface area contributed by atoms with Gasteiger partial charge in [0.15, 0.2) is 0 Å². The average molecular weight is 355 g/mol. The highest BCUT2D eigenvalue weighted by Crippen LogP contribution is 2.32. The van der Waals surface area contributed by atoms with Crippen LogP contribution >= 0.6 is 0 Å². The molecule has 2 aromatic carbocycles. The molecule has 4 heteroatoms. The molecule has 0 radical (unpaired) electrons. The summed E-state index contributed by atoms with van der Waals surface area (Å²) in [5.74, 6) is 1.92. The molecule has 4 nitrogen and oxygen atoms in total. The summed E-state index contributed by atoms with van der Waals surface area (Å²) in [7, 11) is 3.32. The van der Waals surface area contributed by atoms with Crippen molar-refractivity contribution in [1.29, 1.82) is 0 Å². The maximum Gasteiger partial charge on any atom is 0.251 e. The zero-order valence-corrected chi connectivity index (χ0v) is 16.8. The number of carbonyl (C=O) groups excluding carboxylic acids is 1. The monoisotopic (exact) mass is 355 g/mol. The Hall–Kier alpha value is -2.49. The van der Waals surface area contributed by atoms with Crippen LogP contribution in [0.4, 0.5) is 0 Å². The smallest absolute Gasteiger partial charge is 0.251 e. The van der Waals surface area contributed by atoms with E-state index in [1.807, 2.05) is 39.0 Å². The summed E-state index contributed by atoms with van der Waals surface area (Å²) in [6, 6.07) is 9.54. The highest BCUT2D eigenvalue weighted by Gasteiger charge is 2.18. The van der Waals surface area contributed by atoms with Crippen LogP contribution in [0.3, 0.4) is 0 Å². The highest BCUT2D eigenvalue weighted by atomic mass is 16.5. The van der Waals surface area contributed by atoms with Gasteiger partial charge in [-0.05, 0) is 79.3 Å². The number of carbonyl (C=O) groups is 1. The van der Waals surface area contributed by atoms with Crippen molar-refractivity contribution in [3.63, 3.8) is 0 Å². The minimum atomic E-state index is -0.103. The highest BCUT2D eigenvalue weighted by molar-refractivity contribution is 5.94. The number of hydrogen-bond acceptors (Lipinski definition) is 3. The SMILES string of the molecule is COc1ccc(C(=O)N[C@@H](C)c2cc(C(C)C)c(OC)cc2C)cc1C. The molecular weight excluding hydrogens is 326 g/mol. The number of aryl methyl sites for hydroxylation is 2. The molecule has 2 aromatic rings. The summed E-state index contributed by atoms with van der Waals surface area (Å²) in [6.45, 7) is 10.3. The Kier molecular flexibility index (Phi) is 6.30. The molecular formula is C22H29NO3. The molecule has 0 bridgehead atoms. The van der Waals surface area contributed by atoms with Gasteiger partial charge in [0.25, 0.3) is 5.91 Å². The van der Waals surface area contributed by atoms with Gasteiger partial charge in [0, 0.05) is 5.56 Å². The standard InChI is InChI=1S/C22H29NO3/c1-13(2)18-12-19(14(3)11-21(18)26-7)16(5)23-22(24)17-8-9-20(25-6)15(4)10-17/h8-13,16H,1-7H3,(H,23,24)/t16-/m0/s1. The first-order valence-corrected chi connectivity index (χ1v) is 8.92. The molecule has 0 spiro atoms. The summed E-state index contributed by atoms with van der Waals surface area (Å²) in [5, 5.41) is 3.10. The fraction of sp³-hybridized carbons (Fsp3) is 0.409. The number of ether oxygens (including phenoxy) is 2. The first kappa shape index (κ1) is 19.8. The van der Waals surface area contributed by atoms with Crippen molar-refractivity contribution in [2.24, 2.45) is 0 Å². The van der Waals surface area contributed by atoms with Gasteiger partial charge < -0.3 is 14.8 Å². The van der Waals surface area contributed by atoms with E-state index in [-0.39, 0.29) is 11.9 Å². The molecule has 0 aliphatic heterocycles. The number of methoxy groups -OCH3 is 2. The summed E-state index contributed by atoms with van der Waals surface area (Å²) in [4.78, 5) is 12.7. The largest absolute Gasteiger partial charge is 0.496 e. The molecule has 0 heterocycles. The van der Waals surface area contributed by atoms with Gasteiger partial charge in [0.1, 0.15) is 11.5 Å². The Balaban J connectivity index is 2.26. The van der Waals surface area contributed by atoms with Gasteiger partial charge >= 0.3 is 0 Å². The maximum atomic E-state index is 12.7. The van der Waals surface area contributed by atoms with Crippen LogP contribution < -0.4 is 14.8 Å². The third-order valence-electron chi connectivity index (χ3n) is 4.71. The molecule has 1 amide bonds. The number of benzene rings is 2. The van der Waals surface area contributed by atoms with E-state index in [9.17, 15) is 4.79 Å². The van der Waals surface area contributed by atoms with Crippen LogP contribution in [0.1, 0.15) is 65.3 Å². The van der Waals surface area contributed by atoms with Crippen LogP contribution in [0.15, 0.2) is 30.3 Å². The van der Waals surface area contributed by atoms with Gasteiger partial charge in [-0.15, -0.1) is 0 Å². The lowest BCUT2D eigenvalue weighted by Gasteiger charge is -2.21. The summed E-state index contributed by atoms with van der Waals surface area (Å²) in [5.41, 5.74) is 4.92. The van der Waals surface area contributed by atoms with Crippen molar-refractivity contribution in [3.05, 3.63) is 58.1 Å². The van der Waals surface area contributed by atoms with E-state index in [1.165, 1.54) is 0 Å². The number of amides is 1. The summed E-state index contributed by atoms with van der Waals surface area (Å²) in [6.07, 6.45) is 0. The summed E-state index contributed by atoms with van der Waals surface area (Å²) < 4.78 is 10.8. The van der Waals surface area contributed by atoms with Gasteiger partial charge in [-0.3, -0.25) is 4.79 Å².